The van der Waals surface area contributed by atoms with Gasteiger partial charge in [-0.15, -0.1) is 0 Å². The van der Waals surface area contributed by atoms with Gasteiger partial charge in [-0.3, -0.25) is 20.2 Å². The van der Waals surface area contributed by atoms with Crippen molar-refractivity contribution >= 4 is 23.9 Å². The van der Waals surface area contributed by atoms with Gasteiger partial charge < -0.3 is 0 Å². The minimum atomic E-state index is -0.790. The lowest BCUT2D eigenvalue weighted by molar-refractivity contribution is -0.123. The molecule has 112 valence electrons. The average Bonchev–Trinajstić information content (AvgIpc) is 2.88. The van der Waals surface area contributed by atoms with Crippen LogP contribution in [0.5, 0.6) is 0 Å². The Bertz CT molecular complexity index is 890. The molecule has 23 heavy (non-hydrogen) atoms. The minimum Gasteiger partial charge on any atom is -0.273 e. The standard InChI is InChI=1S/C18H12N2O3/c21-16-15(17(22)20-18(23)19-16)8-10-5-6-14-12(7-10)9-11-3-1-2-4-13(11)14/h1-8H,9H2,(H2,19,20,21,22,23). The maximum absolute atomic E-state index is 11.8. The molecule has 1 fully saturated rings. The highest BCUT2D eigenvalue weighted by atomic mass is 16.2. The second-order valence-corrected chi connectivity index (χ2v) is 5.55. The zero-order valence-electron chi connectivity index (χ0n) is 12.1. The molecule has 1 aliphatic heterocycles. The molecule has 2 aromatic rings. The van der Waals surface area contributed by atoms with E-state index in [4.69, 9.17) is 0 Å². The summed E-state index contributed by atoms with van der Waals surface area (Å²) >= 11 is 0. The van der Waals surface area contributed by atoms with Gasteiger partial charge in [-0.25, -0.2) is 4.79 Å². The molecule has 0 bridgehead atoms. The number of hydrogen-bond acceptors (Lipinski definition) is 3. The van der Waals surface area contributed by atoms with Crippen LogP contribution in [0.15, 0.2) is 48.0 Å². The molecule has 0 aromatic heterocycles. The van der Waals surface area contributed by atoms with Crippen molar-refractivity contribution in [2.75, 3.05) is 0 Å². The molecular weight excluding hydrogens is 292 g/mol. The summed E-state index contributed by atoms with van der Waals surface area (Å²) in [7, 11) is 0. The zero-order chi connectivity index (χ0) is 16.0. The molecule has 0 saturated carbocycles. The second-order valence-electron chi connectivity index (χ2n) is 5.55. The van der Waals surface area contributed by atoms with Gasteiger partial charge >= 0.3 is 6.03 Å². The molecule has 4 rings (SSSR count). The predicted octanol–water partition coefficient (Wildman–Crippen LogP) is 2.01. The highest BCUT2D eigenvalue weighted by Crippen LogP contribution is 2.36. The van der Waals surface area contributed by atoms with Crippen LogP contribution in [-0.2, 0) is 16.0 Å². The fourth-order valence-corrected chi connectivity index (χ4v) is 3.03. The van der Waals surface area contributed by atoms with Gasteiger partial charge in [0.25, 0.3) is 11.8 Å². The predicted molar refractivity (Wildman–Crippen MR) is 84.3 cm³/mol. The molecule has 0 atom stereocenters. The van der Waals surface area contributed by atoms with E-state index in [1.807, 2.05) is 30.3 Å². The number of fused-ring (bicyclic) bond motifs is 3. The van der Waals surface area contributed by atoms with Gasteiger partial charge in [0.15, 0.2) is 0 Å². The summed E-state index contributed by atoms with van der Waals surface area (Å²) < 4.78 is 0. The number of hydrogen-bond donors (Lipinski definition) is 2. The second kappa shape index (κ2) is 4.91. The van der Waals surface area contributed by atoms with Crippen LogP contribution in [0.2, 0.25) is 0 Å². The molecule has 5 heteroatoms. The van der Waals surface area contributed by atoms with Crippen molar-refractivity contribution in [3.63, 3.8) is 0 Å². The molecule has 1 heterocycles. The molecule has 0 radical (unpaired) electrons. The highest BCUT2D eigenvalue weighted by Gasteiger charge is 2.27. The van der Waals surface area contributed by atoms with Gasteiger partial charge in [-0.2, -0.15) is 0 Å². The van der Waals surface area contributed by atoms with Gasteiger partial charge in [0, 0.05) is 0 Å². The van der Waals surface area contributed by atoms with E-state index in [-0.39, 0.29) is 5.57 Å². The summed E-state index contributed by atoms with van der Waals surface area (Å²) in [6.07, 6.45) is 2.33. The molecule has 1 saturated heterocycles. The number of carbonyl (C=O) groups excluding carboxylic acids is 3. The van der Waals surface area contributed by atoms with Crippen LogP contribution in [0.3, 0.4) is 0 Å². The third-order valence-corrected chi connectivity index (χ3v) is 4.07. The van der Waals surface area contributed by atoms with Gasteiger partial charge in [0.2, 0.25) is 0 Å². The van der Waals surface area contributed by atoms with E-state index in [0.29, 0.717) is 0 Å². The first kappa shape index (κ1) is 13.5. The Labute approximate surface area is 132 Å². The summed E-state index contributed by atoms with van der Waals surface area (Å²) in [6, 6.07) is 13.3. The quantitative estimate of drug-likeness (QED) is 0.533. The van der Waals surface area contributed by atoms with Crippen LogP contribution >= 0.6 is 0 Å². The topological polar surface area (TPSA) is 75.3 Å². The lowest BCUT2D eigenvalue weighted by Crippen LogP contribution is -2.51. The van der Waals surface area contributed by atoms with Crippen molar-refractivity contribution in [3.05, 3.63) is 64.7 Å². The fraction of sp³-hybridized carbons (Fsp3) is 0.0556. The lowest BCUT2D eigenvalue weighted by atomic mass is 10.0. The van der Waals surface area contributed by atoms with E-state index in [9.17, 15) is 14.4 Å². The van der Waals surface area contributed by atoms with Crippen LogP contribution in [0.4, 0.5) is 4.79 Å². The number of barbiturate groups is 1. The average molecular weight is 304 g/mol. The van der Waals surface area contributed by atoms with Gasteiger partial charge in [0.05, 0.1) is 0 Å². The summed E-state index contributed by atoms with van der Waals surface area (Å²) in [5.41, 5.74) is 5.52. The van der Waals surface area contributed by atoms with Gasteiger partial charge in [-0.1, -0.05) is 42.5 Å². The van der Waals surface area contributed by atoms with Crippen LogP contribution in [0.1, 0.15) is 16.7 Å². The summed E-state index contributed by atoms with van der Waals surface area (Å²) in [4.78, 5) is 34.6. The lowest BCUT2D eigenvalue weighted by Gasteiger charge is -2.14. The van der Waals surface area contributed by atoms with Crippen LogP contribution in [0.25, 0.3) is 17.2 Å². The van der Waals surface area contributed by atoms with Crippen LogP contribution < -0.4 is 10.6 Å². The Balaban J connectivity index is 1.71. The number of amides is 4. The molecule has 2 aliphatic rings. The van der Waals surface area contributed by atoms with E-state index < -0.39 is 17.8 Å². The maximum atomic E-state index is 11.8. The molecule has 0 unspecified atom stereocenters. The van der Waals surface area contributed by atoms with E-state index >= 15 is 0 Å². The van der Waals surface area contributed by atoms with Crippen molar-refractivity contribution in [3.8, 4) is 11.1 Å². The van der Waals surface area contributed by atoms with Crippen molar-refractivity contribution in [1.29, 1.82) is 0 Å². The number of carbonyl (C=O) groups is 3. The van der Waals surface area contributed by atoms with Crippen LogP contribution in [-0.4, -0.2) is 17.8 Å². The Morgan fingerprint density at radius 2 is 1.52 bits per heavy atom. The highest BCUT2D eigenvalue weighted by molar-refractivity contribution is 6.31. The SMILES string of the molecule is O=C1NC(=O)C(=Cc2ccc3c(c2)Cc2ccccc2-3)C(=O)N1. The van der Waals surface area contributed by atoms with Crippen molar-refractivity contribution in [2.24, 2.45) is 0 Å². The van der Waals surface area contributed by atoms with E-state index in [1.165, 1.54) is 22.8 Å². The number of rotatable bonds is 1. The monoisotopic (exact) mass is 304 g/mol. The molecule has 2 aromatic carbocycles. The molecule has 1 aliphatic carbocycles. The van der Waals surface area contributed by atoms with E-state index in [2.05, 4.69) is 22.8 Å². The number of imide groups is 2. The molecule has 2 N–H and O–H groups in total. The maximum Gasteiger partial charge on any atom is 0.328 e. The molecule has 4 amide bonds. The molecule has 0 spiro atoms. The number of benzene rings is 2. The summed E-state index contributed by atoms with van der Waals surface area (Å²) in [5.74, 6) is -1.36. The van der Waals surface area contributed by atoms with E-state index in [1.54, 1.807) is 0 Å². The largest absolute Gasteiger partial charge is 0.328 e. The Hall–Kier alpha value is -3.21. The summed E-state index contributed by atoms with van der Waals surface area (Å²) in [6.45, 7) is 0. The molecular formula is C18H12N2O3. The minimum absolute atomic E-state index is 0.0694. The first-order valence-electron chi connectivity index (χ1n) is 7.21. The third-order valence-electron chi connectivity index (χ3n) is 4.07. The van der Waals surface area contributed by atoms with Gasteiger partial charge in [-0.05, 0) is 40.3 Å². The van der Waals surface area contributed by atoms with Crippen molar-refractivity contribution < 1.29 is 14.4 Å². The van der Waals surface area contributed by atoms with Crippen LogP contribution in [0, 0.1) is 0 Å². The Morgan fingerprint density at radius 1 is 0.826 bits per heavy atom. The fourth-order valence-electron chi connectivity index (χ4n) is 3.03. The third kappa shape index (κ3) is 2.23. The normalized spacial score (nSPS) is 15.7. The number of nitrogens with one attached hydrogen (secondary N) is 2. The Kier molecular flexibility index (Phi) is 2.87. The first-order chi connectivity index (χ1) is 11.1. The Morgan fingerprint density at radius 3 is 2.30 bits per heavy atom. The van der Waals surface area contributed by atoms with Crippen molar-refractivity contribution in [1.82, 2.24) is 10.6 Å². The van der Waals surface area contributed by atoms with Gasteiger partial charge in [0.1, 0.15) is 5.57 Å². The number of urea groups is 1. The van der Waals surface area contributed by atoms with Crippen molar-refractivity contribution in [2.45, 2.75) is 6.42 Å². The smallest absolute Gasteiger partial charge is 0.273 e. The zero-order valence-corrected chi connectivity index (χ0v) is 12.1. The first-order valence-corrected chi connectivity index (χ1v) is 7.21. The summed E-state index contributed by atoms with van der Waals surface area (Å²) in [5, 5.41) is 4.14. The van der Waals surface area contributed by atoms with E-state index in [0.717, 1.165) is 17.5 Å². The molecule has 5 nitrogen and oxygen atoms in total.